The smallest absolute Gasteiger partial charge is 0.228 e. The lowest BCUT2D eigenvalue weighted by Crippen LogP contribution is -2.20. The van der Waals surface area contributed by atoms with Gasteiger partial charge in [0, 0.05) is 10.7 Å². The summed E-state index contributed by atoms with van der Waals surface area (Å²) in [5, 5.41) is 13.5. The minimum absolute atomic E-state index is 0.00801. The number of fused-ring (bicyclic) bond motifs is 1. The van der Waals surface area contributed by atoms with Crippen LogP contribution in [0.5, 0.6) is 0 Å². The zero-order valence-electron chi connectivity index (χ0n) is 9.37. The van der Waals surface area contributed by atoms with E-state index in [9.17, 15) is 9.90 Å². The quantitative estimate of drug-likeness (QED) is 0.849. The number of anilines is 1. The first-order valence-corrected chi connectivity index (χ1v) is 6.33. The number of rotatable bonds is 2. The minimum Gasteiger partial charge on any atom is -0.388 e. The van der Waals surface area contributed by atoms with Gasteiger partial charge in [-0.1, -0.05) is 18.0 Å². The number of aliphatic hydroxyl groups excluding tert-OH is 1. The molecule has 1 aromatic carbocycles. The molecule has 0 bridgehead atoms. The summed E-state index contributed by atoms with van der Waals surface area (Å²) in [6, 6.07) is 3.62. The van der Waals surface area contributed by atoms with Gasteiger partial charge >= 0.3 is 0 Å². The topological polar surface area (TPSA) is 49.3 Å². The van der Waals surface area contributed by atoms with Crippen molar-refractivity contribution in [2.24, 2.45) is 5.92 Å². The first-order valence-electron chi connectivity index (χ1n) is 5.95. The van der Waals surface area contributed by atoms with Gasteiger partial charge in [-0.3, -0.25) is 4.79 Å². The molecule has 90 valence electrons. The predicted molar refractivity (Wildman–Crippen MR) is 66.1 cm³/mol. The summed E-state index contributed by atoms with van der Waals surface area (Å²) in [5.74, 6) is 0.321. The fourth-order valence-electron chi connectivity index (χ4n) is 2.50. The Morgan fingerprint density at radius 3 is 2.82 bits per heavy atom. The van der Waals surface area contributed by atoms with Crippen LogP contribution in [-0.4, -0.2) is 11.0 Å². The second-order valence-corrected chi connectivity index (χ2v) is 5.30. The van der Waals surface area contributed by atoms with Crippen LogP contribution in [0, 0.1) is 5.92 Å². The largest absolute Gasteiger partial charge is 0.388 e. The summed E-state index contributed by atoms with van der Waals surface area (Å²) in [5.41, 5.74) is 2.49. The summed E-state index contributed by atoms with van der Waals surface area (Å²) in [6.07, 6.45) is 3.20. The Morgan fingerprint density at radius 1 is 1.41 bits per heavy atom. The highest BCUT2D eigenvalue weighted by Crippen LogP contribution is 2.41. The van der Waals surface area contributed by atoms with E-state index >= 15 is 0 Å². The molecule has 2 N–H and O–H groups in total. The van der Waals surface area contributed by atoms with Crippen LogP contribution in [0.15, 0.2) is 12.1 Å². The number of benzene rings is 1. The van der Waals surface area contributed by atoms with Crippen LogP contribution >= 0.6 is 11.6 Å². The molecule has 1 aliphatic carbocycles. The van der Waals surface area contributed by atoms with Crippen molar-refractivity contribution in [2.75, 3.05) is 5.32 Å². The summed E-state index contributed by atoms with van der Waals surface area (Å²) < 4.78 is 0. The van der Waals surface area contributed by atoms with Gasteiger partial charge in [0.1, 0.15) is 0 Å². The van der Waals surface area contributed by atoms with Crippen LogP contribution in [-0.2, 0) is 11.2 Å². The SMILES string of the molecule is O=C1Cc2cc(C(O)C3CCC3)c(Cl)cc2N1. The lowest BCUT2D eigenvalue weighted by atomic mass is 9.78. The minimum atomic E-state index is -0.489. The molecule has 4 heteroatoms. The number of halogens is 1. The average molecular weight is 252 g/mol. The van der Waals surface area contributed by atoms with Gasteiger partial charge in [-0.2, -0.15) is 0 Å². The van der Waals surface area contributed by atoms with E-state index in [0.29, 0.717) is 17.4 Å². The number of carbonyl (C=O) groups is 1. The molecule has 0 radical (unpaired) electrons. The van der Waals surface area contributed by atoms with E-state index in [4.69, 9.17) is 11.6 Å². The molecule has 17 heavy (non-hydrogen) atoms. The number of carbonyl (C=O) groups excluding carboxylic acids is 1. The maximum atomic E-state index is 11.3. The summed E-state index contributed by atoms with van der Waals surface area (Å²) in [4.78, 5) is 11.3. The van der Waals surface area contributed by atoms with Crippen molar-refractivity contribution in [1.82, 2.24) is 0 Å². The third kappa shape index (κ3) is 1.83. The zero-order chi connectivity index (χ0) is 12.0. The molecular formula is C13H14ClNO2. The molecule has 0 spiro atoms. The molecule has 1 fully saturated rings. The molecule has 1 amide bonds. The molecule has 1 aromatic rings. The molecule has 3 nitrogen and oxygen atoms in total. The van der Waals surface area contributed by atoms with Crippen LogP contribution in [0.3, 0.4) is 0 Å². The highest BCUT2D eigenvalue weighted by atomic mass is 35.5. The normalized spacial score (nSPS) is 20.7. The molecule has 0 saturated heterocycles. The van der Waals surface area contributed by atoms with Crippen LogP contribution in [0.4, 0.5) is 5.69 Å². The lowest BCUT2D eigenvalue weighted by Gasteiger charge is -2.31. The highest BCUT2D eigenvalue weighted by Gasteiger charge is 2.30. The van der Waals surface area contributed by atoms with E-state index in [1.165, 1.54) is 6.42 Å². The Morgan fingerprint density at radius 2 is 2.18 bits per heavy atom. The van der Waals surface area contributed by atoms with Crippen molar-refractivity contribution in [1.29, 1.82) is 0 Å². The Labute approximate surface area is 105 Å². The van der Waals surface area contributed by atoms with E-state index < -0.39 is 6.10 Å². The van der Waals surface area contributed by atoms with E-state index in [-0.39, 0.29) is 5.91 Å². The van der Waals surface area contributed by atoms with Gasteiger partial charge in [-0.25, -0.2) is 0 Å². The van der Waals surface area contributed by atoms with Crippen LogP contribution in [0.2, 0.25) is 5.02 Å². The zero-order valence-corrected chi connectivity index (χ0v) is 10.1. The van der Waals surface area contributed by atoms with Crippen LogP contribution in [0.25, 0.3) is 0 Å². The van der Waals surface area contributed by atoms with Crippen molar-refractivity contribution in [3.8, 4) is 0 Å². The second-order valence-electron chi connectivity index (χ2n) is 4.89. The first-order chi connectivity index (χ1) is 8.15. The van der Waals surface area contributed by atoms with Gasteiger partial charge in [-0.15, -0.1) is 0 Å². The van der Waals surface area contributed by atoms with Crippen LogP contribution in [0.1, 0.15) is 36.5 Å². The molecule has 1 saturated carbocycles. The monoisotopic (exact) mass is 251 g/mol. The molecule has 1 aliphatic heterocycles. The van der Waals surface area contributed by atoms with Gasteiger partial charge in [-0.05, 0) is 42.0 Å². The third-order valence-electron chi connectivity index (χ3n) is 3.76. The third-order valence-corrected chi connectivity index (χ3v) is 4.09. The molecule has 1 atom stereocenters. The Bertz CT molecular complexity index is 483. The van der Waals surface area contributed by atoms with Gasteiger partial charge in [0.25, 0.3) is 0 Å². The summed E-state index contributed by atoms with van der Waals surface area (Å²) in [6.45, 7) is 0. The maximum absolute atomic E-state index is 11.3. The molecule has 2 aliphatic rings. The molecule has 0 aromatic heterocycles. The van der Waals surface area contributed by atoms with Crippen molar-refractivity contribution in [3.63, 3.8) is 0 Å². The van der Waals surface area contributed by atoms with Crippen LogP contribution < -0.4 is 5.32 Å². The molecule has 1 unspecified atom stereocenters. The average Bonchev–Trinajstić information content (AvgIpc) is 2.53. The second kappa shape index (κ2) is 4.00. The van der Waals surface area contributed by atoms with E-state index in [1.807, 2.05) is 6.07 Å². The summed E-state index contributed by atoms with van der Waals surface area (Å²) >= 11 is 6.16. The fraction of sp³-hybridized carbons (Fsp3) is 0.462. The molecule has 3 rings (SSSR count). The van der Waals surface area contributed by atoms with E-state index in [1.54, 1.807) is 6.07 Å². The van der Waals surface area contributed by atoms with Crippen molar-refractivity contribution >= 4 is 23.2 Å². The fourth-order valence-corrected chi connectivity index (χ4v) is 2.78. The first kappa shape index (κ1) is 11.1. The van der Waals surface area contributed by atoms with Gasteiger partial charge in [0.15, 0.2) is 0 Å². The van der Waals surface area contributed by atoms with E-state index in [2.05, 4.69) is 5.32 Å². The maximum Gasteiger partial charge on any atom is 0.228 e. The van der Waals surface area contributed by atoms with Gasteiger partial charge < -0.3 is 10.4 Å². The number of nitrogens with one attached hydrogen (secondary N) is 1. The molecule has 1 heterocycles. The van der Waals surface area contributed by atoms with Gasteiger partial charge in [0.05, 0.1) is 12.5 Å². The standard InChI is InChI=1S/C13H14ClNO2/c14-10-6-11-8(5-12(16)15-11)4-9(10)13(17)7-2-1-3-7/h4,6-7,13,17H,1-3,5H2,(H,15,16). The van der Waals surface area contributed by atoms with Gasteiger partial charge in [0.2, 0.25) is 5.91 Å². The van der Waals surface area contributed by atoms with E-state index in [0.717, 1.165) is 29.7 Å². The van der Waals surface area contributed by atoms with Crippen molar-refractivity contribution in [2.45, 2.75) is 31.8 Å². The van der Waals surface area contributed by atoms with Crippen molar-refractivity contribution in [3.05, 3.63) is 28.3 Å². The Kier molecular flexibility index (Phi) is 2.60. The lowest BCUT2D eigenvalue weighted by molar-refractivity contribution is -0.115. The Hall–Kier alpha value is -1.06. The molecular weight excluding hydrogens is 238 g/mol. The number of hydrogen-bond acceptors (Lipinski definition) is 2. The number of aliphatic hydroxyl groups is 1. The predicted octanol–water partition coefficient (Wildman–Crippen LogP) is 2.67. The summed E-state index contributed by atoms with van der Waals surface area (Å²) in [7, 11) is 0. The number of amides is 1. The number of hydrogen-bond donors (Lipinski definition) is 2. The van der Waals surface area contributed by atoms with Crippen molar-refractivity contribution < 1.29 is 9.90 Å². The Balaban J connectivity index is 1.95. The highest BCUT2D eigenvalue weighted by molar-refractivity contribution is 6.32.